The van der Waals surface area contributed by atoms with E-state index in [1.807, 2.05) is 48.5 Å². The minimum Gasteiger partial charge on any atom is -0.364 e. The van der Waals surface area contributed by atoms with Crippen LogP contribution in [0.2, 0.25) is 0 Å². The molecular formula is C21H17N3O2. The molecular weight excluding hydrogens is 326 g/mol. The number of hydrogen-bond acceptors (Lipinski definition) is 3. The predicted molar refractivity (Wildman–Crippen MR) is 98.8 cm³/mol. The van der Waals surface area contributed by atoms with Gasteiger partial charge >= 0.3 is 0 Å². The number of benzene rings is 2. The number of primary amides is 1. The largest absolute Gasteiger partial charge is 0.364 e. The van der Waals surface area contributed by atoms with Crippen molar-refractivity contribution >= 4 is 22.6 Å². The minimum absolute atomic E-state index is 0.148. The van der Waals surface area contributed by atoms with Crippen LogP contribution in [0.1, 0.15) is 35.3 Å². The first-order valence-corrected chi connectivity index (χ1v) is 8.56. The summed E-state index contributed by atoms with van der Waals surface area (Å²) in [5, 5.41) is 5.11. The minimum atomic E-state index is -0.560. The van der Waals surface area contributed by atoms with Gasteiger partial charge in [-0.3, -0.25) is 9.59 Å². The fourth-order valence-electron chi connectivity index (χ4n) is 3.30. The maximum atomic E-state index is 11.7. The smallest absolute Gasteiger partial charge is 0.269 e. The molecule has 0 spiro atoms. The summed E-state index contributed by atoms with van der Waals surface area (Å²) in [6.07, 6.45) is 2.40. The summed E-state index contributed by atoms with van der Waals surface area (Å²) >= 11 is 0. The zero-order chi connectivity index (χ0) is 18.1. The molecule has 2 aromatic carbocycles. The average Bonchev–Trinajstić information content (AvgIpc) is 3.24. The van der Waals surface area contributed by atoms with Crippen molar-refractivity contribution in [2.24, 2.45) is 11.7 Å². The Morgan fingerprint density at radius 3 is 2.81 bits per heavy atom. The van der Waals surface area contributed by atoms with Crippen LogP contribution in [-0.4, -0.2) is 21.5 Å². The second-order valence-electron chi connectivity index (χ2n) is 6.37. The van der Waals surface area contributed by atoms with Crippen molar-refractivity contribution in [3.63, 3.8) is 0 Å². The number of para-hydroxylation sites is 1. The van der Waals surface area contributed by atoms with E-state index in [0.717, 1.165) is 29.6 Å². The lowest BCUT2D eigenvalue weighted by Gasteiger charge is -2.04. The molecule has 0 saturated heterocycles. The molecule has 1 aromatic heterocycles. The van der Waals surface area contributed by atoms with Crippen molar-refractivity contribution in [3.05, 3.63) is 59.8 Å². The van der Waals surface area contributed by atoms with Gasteiger partial charge in [-0.2, -0.15) is 5.10 Å². The number of Topliss-reactive ketones (excluding diaryl/α,β-unsaturated/α-hetero) is 1. The molecule has 4 rings (SSSR count). The number of nitrogens with zero attached hydrogens (tertiary/aromatic N) is 2. The molecule has 1 unspecified atom stereocenters. The van der Waals surface area contributed by atoms with Crippen molar-refractivity contribution < 1.29 is 9.59 Å². The third-order valence-electron chi connectivity index (χ3n) is 4.61. The normalized spacial score (nSPS) is 16.5. The van der Waals surface area contributed by atoms with Gasteiger partial charge < -0.3 is 5.73 Å². The quantitative estimate of drug-likeness (QED) is 0.727. The van der Waals surface area contributed by atoms with Crippen molar-refractivity contribution in [1.82, 2.24) is 9.78 Å². The first-order valence-electron chi connectivity index (χ1n) is 8.56. The topological polar surface area (TPSA) is 78.0 Å². The van der Waals surface area contributed by atoms with Gasteiger partial charge in [0.05, 0.1) is 17.1 Å². The number of aromatic nitrogens is 2. The molecule has 1 amide bonds. The zero-order valence-corrected chi connectivity index (χ0v) is 14.1. The molecule has 1 fully saturated rings. The second-order valence-corrected chi connectivity index (χ2v) is 6.37. The summed E-state index contributed by atoms with van der Waals surface area (Å²) in [6, 6.07) is 15.0. The lowest BCUT2D eigenvalue weighted by molar-refractivity contribution is -0.119. The Balaban J connectivity index is 1.76. The molecule has 1 aliphatic carbocycles. The van der Waals surface area contributed by atoms with Gasteiger partial charge in [0.1, 0.15) is 5.78 Å². The van der Waals surface area contributed by atoms with Crippen LogP contribution in [0.4, 0.5) is 0 Å². The van der Waals surface area contributed by atoms with Crippen molar-refractivity contribution in [3.8, 4) is 17.5 Å². The Morgan fingerprint density at radius 1 is 1.19 bits per heavy atom. The van der Waals surface area contributed by atoms with E-state index in [4.69, 9.17) is 5.73 Å². The van der Waals surface area contributed by atoms with Crippen LogP contribution in [0.25, 0.3) is 16.6 Å². The Kier molecular flexibility index (Phi) is 4.02. The van der Waals surface area contributed by atoms with Gasteiger partial charge in [0, 0.05) is 17.4 Å². The lowest BCUT2D eigenvalue weighted by Crippen LogP contribution is -2.12. The second kappa shape index (κ2) is 6.49. The van der Waals surface area contributed by atoms with E-state index in [9.17, 15) is 9.59 Å². The summed E-state index contributed by atoms with van der Waals surface area (Å²) in [4.78, 5) is 23.4. The maximum Gasteiger partial charge on any atom is 0.269 e. The van der Waals surface area contributed by atoms with Crippen LogP contribution in [-0.2, 0) is 4.79 Å². The van der Waals surface area contributed by atoms with E-state index in [2.05, 4.69) is 16.9 Å². The standard InChI is InChI=1S/C21H17N3O2/c22-21(26)20-17-8-1-2-9-18(17)24(23-20)16-7-3-5-14(13-16)11-12-15-6-4-10-19(15)25/h1-3,5,7-9,13,15H,4,6,10H2,(H2,22,26). The molecule has 128 valence electrons. The third kappa shape index (κ3) is 2.86. The fraction of sp³-hybridized carbons (Fsp3) is 0.190. The highest BCUT2D eigenvalue weighted by Crippen LogP contribution is 2.23. The van der Waals surface area contributed by atoms with Crippen molar-refractivity contribution in [2.75, 3.05) is 0 Å². The fourth-order valence-corrected chi connectivity index (χ4v) is 3.30. The van der Waals surface area contributed by atoms with E-state index in [-0.39, 0.29) is 17.4 Å². The van der Waals surface area contributed by atoms with Crippen LogP contribution in [0.15, 0.2) is 48.5 Å². The molecule has 1 heterocycles. The Morgan fingerprint density at radius 2 is 2.04 bits per heavy atom. The summed E-state index contributed by atoms with van der Waals surface area (Å²) in [7, 11) is 0. The van der Waals surface area contributed by atoms with E-state index in [1.54, 1.807) is 4.68 Å². The molecule has 1 saturated carbocycles. The molecule has 3 aromatic rings. The Bertz CT molecular complexity index is 1090. The van der Waals surface area contributed by atoms with Gasteiger partial charge in [-0.05, 0) is 37.1 Å². The number of carbonyl (C=O) groups is 2. The van der Waals surface area contributed by atoms with E-state index < -0.39 is 5.91 Å². The van der Waals surface area contributed by atoms with Gasteiger partial charge in [-0.25, -0.2) is 4.68 Å². The molecule has 0 aliphatic heterocycles. The van der Waals surface area contributed by atoms with Crippen molar-refractivity contribution in [1.29, 1.82) is 0 Å². The molecule has 26 heavy (non-hydrogen) atoms. The van der Waals surface area contributed by atoms with Gasteiger partial charge in [-0.1, -0.05) is 36.1 Å². The zero-order valence-electron chi connectivity index (χ0n) is 14.1. The third-order valence-corrected chi connectivity index (χ3v) is 4.61. The van der Waals surface area contributed by atoms with Crippen LogP contribution in [0.3, 0.4) is 0 Å². The van der Waals surface area contributed by atoms with Gasteiger partial charge in [0.25, 0.3) is 5.91 Å². The van der Waals surface area contributed by atoms with Gasteiger partial charge in [-0.15, -0.1) is 0 Å². The van der Waals surface area contributed by atoms with Crippen LogP contribution < -0.4 is 5.73 Å². The number of carbonyl (C=O) groups excluding carboxylic acids is 2. The molecule has 5 heteroatoms. The number of nitrogens with two attached hydrogens (primary N) is 1. The summed E-state index contributed by atoms with van der Waals surface area (Å²) < 4.78 is 1.70. The van der Waals surface area contributed by atoms with E-state index in [1.165, 1.54) is 0 Å². The highest BCUT2D eigenvalue weighted by atomic mass is 16.1. The number of amides is 1. The van der Waals surface area contributed by atoms with Crippen LogP contribution >= 0.6 is 0 Å². The number of hydrogen-bond donors (Lipinski definition) is 1. The highest BCUT2D eigenvalue weighted by Gasteiger charge is 2.22. The Labute approximate surface area is 150 Å². The van der Waals surface area contributed by atoms with Crippen LogP contribution in [0, 0.1) is 17.8 Å². The SMILES string of the molecule is NC(=O)c1nn(-c2cccc(C#CC3CCCC3=O)c2)c2ccccc12. The summed E-state index contributed by atoms with van der Waals surface area (Å²) in [6.45, 7) is 0. The molecule has 2 N–H and O–H groups in total. The lowest BCUT2D eigenvalue weighted by atomic mass is 10.1. The average molecular weight is 343 g/mol. The summed E-state index contributed by atoms with van der Waals surface area (Å²) in [5.74, 6) is 5.71. The number of fused-ring (bicyclic) bond motifs is 1. The van der Waals surface area contributed by atoms with Crippen LogP contribution in [0.5, 0.6) is 0 Å². The maximum absolute atomic E-state index is 11.7. The monoisotopic (exact) mass is 343 g/mol. The number of rotatable bonds is 2. The first kappa shape index (κ1) is 16.1. The van der Waals surface area contributed by atoms with Gasteiger partial charge in [0.2, 0.25) is 0 Å². The predicted octanol–water partition coefficient (Wildman–Crippen LogP) is 2.85. The molecule has 0 bridgehead atoms. The van der Waals surface area contributed by atoms with E-state index in [0.29, 0.717) is 11.8 Å². The Hall–Kier alpha value is -3.39. The molecule has 5 nitrogen and oxygen atoms in total. The molecule has 1 aliphatic rings. The van der Waals surface area contributed by atoms with E-state index >= 15 is 0 Å². The van der Waals surface area contributed by atoms with Gasteiger partial charge in [0.15, 0.2) is 5.69 Å². The molecule has 0 radical (unpaired) electrons. The van der Waals surface area contributed by atoms with Crippen molar-refractivity contribution in [2.45, 2.75) is 19.3 Å². The summed E-state index contributed by atoms with van der Waals surface area (Å²) in [5.41, 5.74) is 8.11. The molecule has 1 atom stereocenters. The number of ketones is 1. The first-order chi connectivity index (χ1) is 12.6. The highest BCUT2D eigenvalue weighted by molar-refractivity contribution is 6.04.